The Labute approximate surface area is 164 Å². The topological polar surface area (TPSA) is 74.6 Å². The molecule has 0 bridgehead atoms. The predicted molar refractivity (Wildman–Crippen MR) is 108 cm³/mol. The second kappa shape index (κ2) is 9.00. The van der Waals surface area contributed by atoms with Crippen LogP contribution in [0.15, 0.2) is 72.8 Å². The Morgan fingerprint density at radius 1 is 0.536 bits per heavy atom. The van der Waals surface area contributed by atoms with Gasteiger partial charge in [0.05, 0.1) is 11.1 Å². The average molecular weight is 374 g/mol. The third-order valence-corrected chi connectivity index (χ3v) is 4.90. The van der Waals surface area contributed by atoms with E-state index in [2.05, 4.69) is 0 Å². The zero-order valence-electron chi connectivity index (χ0n) is 15.5. The number of benzene rings is 3. The number of rotatable bonds is 8. The van der Waals surface area contributed by atoms with E-state index in [4.69, 9.17) is 0 Å². The van der Waals surface area contributed by atoms with Crippen molar-refractivity contribution >= 4 is 11.9 Å². The molecular weight excluding hydrogens is 352 g/mol. The van der Waals surface area contributed by atoms with Crippen molar-refractivity contribution in [3.05, 3.63) is 106 Å². The molecule has 0 aliphatic rings. The Morgan fingerprint density at radius 2 is 0.893 bits per heavy atom. The van der Waals surface area contributed by atoms with Gasteiger partial charge in [0.15, 0.2) is 0 Å². The summed E-state index contributed by atoms with van der Waals surface area (Å²) >= 11 is 0. The van der Waals surface area contributed by atoms with E-state index in [1.165, 1.54) is 12.1 Å². The largest absolute Gasteiger partial charge is 0.478 e. The fourth-order valence-corrected chi connectivity index (χ4v) is 3.49. The van der Waals surface area contributed by atoms with E-state index in [0.29, 0.717) is 36.8 Å². The highest BCUT2D eigenvalue weighted by atomic mass is 16.4. The zero-order chi connectivity index (χ0) is 19.9. The molecule has 0 saturated carbocycles. The highest BCUT2D eigenvalue weighted by molar-refractivity contribution is 5.95. The third-order valence-electron chi connectivity index (χ3n) is 4.90. The van der Waals surface area contributed by atoms with Crippen molar-refractivity contribution in [1.29, 1.82) is 0 Å². The molecule has 2 N–H and O–H groups in total. The Kier molecular flexibility index (Phi) is 6.22. The van der Waals surface area contributed by atoms with Gasteiger partial charge in [0.25, 0.3) is 0 Å². The summed E-state index contributed by atoms with van der Waals surface area (Å²) in [7, 11) is 0. The van der Waals surface area contributed by atoms with Crippen molar-refractivity contribution in [2.75, 3.05) is 0 Å². The molecule has 0 aliphatic heterocycles. The summed E-state index contributed by atoms with van der Waals surface area (Å²) in [5.74, 6) is -2.05. The van der Waals surface area contributed by atoms with Crippen LogP contribution in [-0.4, -0.2) is 22.2 Å². The average Bonchev–Trinajstić information content (AvgIpc) is 2.71. The van der Waals surface area contributed by atoms with Crippen molar-refractivity contribution in [1.82, 2.24) is 0 Å². The van der Waals surface area contributed by atoms with Crippen LogP contribution in [0, 0.1) is 0 Å². The van der Waals surface area contributed by atoms with Crippen molar-refractivity contribution in [2.24, 2.45) is 0 Å². The molecule has 3 aromatic carbocycles. The molecule has 0 aromatic heterocycles. The third kappa shape index (κ3) is 4.65. The molecule has 0 fully saturated rings. The Hall–Kier alpha value is -3.40. The van der Waals surface area contributed by atoms with Crippen LogP contribution in [0.1, 0.15) is 43.0 Å². The van der Waals surface area contributed by atoms with Crippen molar-refractivity contribution in [3.63, 3.8) is 0 Å². The molecular formula is C24H22O4. The number of aryl methyl sites for hydroxylation is 2. The SMILES string of the molecule is O=C(O)c1ccc(C(=O)O)c(CCc2ccccc2)c1CCc1ccccc1. The molecule has 0 amide bonds. The Morgan fingerprint density at radius 3 is 1.21 bits per heavy atom. The Balaban J connectivity index is 1.98. The molecule has 142 valence electrons. The fourth-order valence-electron chi connectivity index (χ4n) is 3.49. The first-order valence-electron chi connectivity index (χ1n) is 9.25. The lowest BCUT2D eigenvalue weighted by molar-refractivity contribution is 0.0679. The number of hydrogen-bond acceptors (Lipinski definition) is 2. The van der Waals surface area contributed by atoms with Crippen LogP contribution in [0.25, 0.3) is 0 Å². The van der Waals surface area contributed by atoms with Crippen LogP contribution in [0.2, 0.25) is 0 Å². The van der Waals surface area contributed by atoms with Crippen LogP contribution in [0.3, 0.4) is 0 Å². The van der Waals surface area contributed by atoms with Crippen LogP contribution in [0.5, 0.6) is 0 Å². The molecule has 28 heavy (non-hydrogen) atoms. The van der Waals surface area contributed by atoms with Gasteiger partial charge in [0.1, 0.15) is 0 Å². The van der Waals surface area contributed by atoms with E-state index >= 15 is 0 Å². The summed E-state index contributed by atoms with van der Waals surface area (Å²) in [6, 6.07) is 22.4. The minimum Gasteiger partial charge on any atom is -0.478 e. The molecule has 0 aliphatic carbocycles. The fraction of sp³-hybridized carbons (Fsp3) is 0.167. The van der Waals surface area contributed by atoms with Gasteiger partial charge in [-0.2, -0.15) is 0 Å². The lowest BCUT2D eigenvalue weighted by Crippen LogP contribution is -2.13. The van der Waals surface area contributed by atoms with Gasteiger partial charge in [0, 0.05) is 0 Å². The molecule has 0 radical (unpaired) electrons. The molecule has 0 atom stereocenters. The van der Waals surface area contributed by atoms with Gasteiger partial charge in [-0.25, -0.2) is 9.59 Å². The first-order valence-corrected chi connectivity index (χ1v) is 9.25. The smallest absolute Gasteiger partial charge is 0.335 e. The standard InChI is InChI=1S/C24H22O4/c25-23(26)21-15-16-22(24(27)28)20(14-12-18-9-5-2-6-10-18)19(21)13-11-17-7-3-1-4-8-17/h1-10,15-16H,11-14H2,(H,25,26)(H,27,28). The van der Waals surface area contributed by atoms with E-state index < -0.39 is 11.9 Å². The van der Waals surface area contributed by atoms with E-state index in [1.54, 1.807) is 0 Å². The maximum absolute atomic E-state index is 11.8. The van der Waals surface area contributed by atoms with Gasteiger partial charge in [-0.05, 0) is 60.1 Å². The molecule has 0 spiro atoms. The molecule has 0 unspecified atom stereocenters. The summed E-state index contributed by atoms with van der Waals surface area (Å²) in [5.41, 5.74) is 3.79. The summed E-state index contributed by atoms with van der Waals surface area (Å²) in [4.78, 5) is 23.6. The number of carboxylic acids is 2. The quantitative estimate of drug-likeness (QED) is 0.602. The summed E-state index contributed by atoms with van der Waals surface area (Å²) in [6.45, 7) is 0. The number of carboxylic acid groups (broad SMARTS) is 2. The molecule has 0 heterocycles. The van der Waals surface area contributed by atoms with Gasteiger partial charge in [-0.1, -0.05) is 60.7 Å². The zero-order valence-corrected chi connectivity index (χ0v) is 15.5. The first kappa shape index (κ1) is 19.4. The van der Waals surface area contributed by atoms with Crippen molar-refractivity contribution in [2.45, 2.75) is 25.7 Å². The van der Waals surface area contributed by atoms with Gasteiger partial charge in [-0.15, -0.1) is 0 Å². The highest BCUT2D eigenvalue weighted by Crippen LogP contribution is 2.24. The molecule has 3 rings (SSSR count). The van der Waals surface area contributed by atoms with Crippen LogP contribution in [0.4, 0.5) is 0 Å². The minimum atomic E-state index is -1.03. The van der Waals surface area contributed by atoms with E-state index in [1.807, 2.05) is 60.7 Å². The molecule has 3 aromatic rings. The Bertz CT molecular complexity index is 882. The summed E-state index contributed by atoms with van der Waals surface area (Å²) in [5, 5.41) is 19.3. The lowest BCUT2D eigenvalue weighted by Gasteiger charge is -2.16. The normalized spacial score (nSPS) is 10.6. The van der Waals surface area contributed by atoms with Gasteiger partial charge in [0.2, 0.25) is 0 Å². The number of hydrogen-bond donors (Lipinski definition) is 2. The maximum atomic E-state index is 11.8. The van der Waals surface area contributed by atoms with E-state index in [9.17, 15) is 19.8 Å². The van der Waals surface area contributed by atoms with Crippen molar-refractivity contribution < 1.29 is 19.8 Å². The maximum Gasteiger partial charge on any atom is 0.335 e. The molecule has 4 nitrogen and oxygen atoms in total. The van der Waals surface area contributed by atoms with Crippen LogP contribution in [-0.2, 0) is 25.7 Å². The summed E-state index contributed by atoms with van der Waals surface area (Å²) < 4.78 is 0. The highest BCUT2D eigenvalue weighted by Gasteiger charge is 2.20. The number of aromatic carboxylic acids is 2. The second-order valence-electron chi connectivity index (χ2n) is 6.70. The lowest BCUT2D eigenvalue weighted by atomic mass is 9.88. The van der Waals surface area contributed by atoms with Crippen LogP contribution < -0.4 is 0 Å². The molecule has 0 saturated heterocycles. The summed E-state index contributed by atoms with van der Waals surface area (Å²) in [6.07, 6.45) is 2.28. The van der Waals surface area contributed by atoms with Gasteiger partial charge in [-0.3, -0.25) is 0 Å². The first-order chi connectivity index (χ1) is 13.6. The minimum absolute atomic E-state index is 0.184. The second-order valence-corrected chi connectivity index (χ2v) is 6.70. The monoisotopic (exact) mass is 374 g/mol. The predicted octanol–water partition coefficient (Wildman–Crippen LogP) is 4.65. The van der Waals surface area contributed by atoms with Crippen LogP contribution >= 0.6 is 0 Å². The number of carbonyl (C=O) groups is 2. The van der Waals surface area contributed by atoms with Gasteiger partial charge < -0.3 is 10.2 Å². The molecule has 4 heteroatoms. The van der Waals surface area contributed by atoms with Crippen molar-refractivity contribution in [3.8, 4) is 0 Å². The van der Waals surface area contributed by atoms with E-state index in [-0.39, 0.29) is 11.1 Å². The van der Waals surface area contributed by atoms with E-state index in [0.717, 1.165) is 11.1 Å². The van der Waals surface area contributed by atoms with Gasteiger partial charge >= 0.3 is 11.9 Å².